The molecule has 0 aliphatic rings. The van der Waals surface area contributed by atoms with Crippen LogP contribution in [0.2, 0.25) is 0 Å². The van der Waals surface area contributed by atoms with E-state index in [1.165, 1.54) is 5.56 Å². The number of nitrogens with two attached hydrogens (primary N) is 1. The lowest BCUT2D eigenvalue weighted by Gasteiger charge is -2.08. The van der Waals surface area contributed by atoms with E-state index in [0.717, 1.165) is 26.1 Å². The summed E-state index contributed by atoms with van der Waals surface area (Å²) in [4.78, 5) is 0. The van der Waals surface area contributed by atoms with Crippen LogP contribution < -0.4 is 11.1 Å². The van der Waals surface area contributed by atoms with Crippen LogP contribution in [0.3, 0.4) is 0 Å². The topological polar surface area (TPSA) is 51.2 Å². The monoisotopic (exact) mass is 182 g/mol. The summed E-state index contributed by atoms with van der Waals surface area (Å²) in [5.74, 6) is 0.608. The molecule has 3 N–H and O–H groups in total. The number of rotatable bonds is 6. The van der Waals surface area contributed by atoms with E-state index >= 15 is 0 Å². The zero-order valence-electron chi connectivity index (χ0n) is 8.12. The zero-order chi connectivity index (χ0) is 9.52. The van der Waals surface area contributed by atoms with Crippen molar-refractivity contribution in [3.8, 4) is 0 Å². The summed E-state index contributed by atoms with van der Waals surface area (Å²) in [5, 5.41) is 3.34. The smallest absolute Gasteiger partial charge is 0.0947 e. The lowest BCUT2D eigenvalue weighted by Crippen LogP contribution is -2.20. The van der Waals surface area contributed by atoms with E-state index < -0.39 is 0 Å². The molecule has 1 rings (SSSR count). The van der Waals surface area contributed by atoms with Crippen molar-refractivity contribution in [1.29, 1.82) is 0 Å². The van der Waals surface area contributed by atoms with E-state index in [9.17, 15) is 0 Å². The number of nitrogens with one attached hydrogen (secondary N) is 1. The molecule has 0 spiro atoms. The Kier molecular flexibility index (Phi) is 4.57. The Morgan fingerprint density at radius 2 is 2.46 bits per heavy atom. The van der Waals surface area contributed by atoms with Gasteiger partial charge in [0.2, 0.25) is 0 Å². The van der Waals surface area contributed by atoms with Gasteiger partial charge in [0.25, 0.3) is 0 Å². The highest BCUT2D eigenvalue weighted by atomic mass is 16.3. The van der Waals surface area contributed by atoms with Crippen LogP contribution in [0.1, 0.15) is 18.9 Å². The summed E-state index contributed by atoms with van der Waals surface area (Å²) in [6.45, 7) is 4.84. The summed E-state index contributed by atoms with van der Waals surface area (Å²) < 4.78 is 4.95. The minimum atomic E-state index is 0.608. The second kappa shape index (κ2) is 5.78. The van der Waals surface area contributed by atoms with E-state index in [2.05, 4.69) is 12.2 Å². The van der Waals surface area contributed by atoms with Crippen molar-refractivity contribution in [2.45, 2.75) is 19.9 Å². The summed E-state index contributed by atoms with van der Waals surface area (Å²) in [7, 11) is 0. The van der Waals surface area contributed by atoms with Gasteiger partial charge in [-0.1, -0.05) is 6.92 Å². The molecule has 0 aliphatic heterocycles. The maximum Gasteiger partial charge on any atom is 0.0947 e. The third-order valence-corrected chi connectivity index (χ3v) is 2.13. The first-order valence-corrected chi connectivity index (χ1v) is 4.74. The van der Waals surface area contributed by atoms with Crippen molar-refractivity contribution in [2.75, 3.05) is 13.1 Å². The molecule has 0 radical (unpaired) electrons. The molecule has 0 aliphatic carbocycles. The molecule has 3 nitrogen and oxygen atoms in total. The molecule has 3 heteroatoms. The van der Waals surface area contributed by atoms with Crippen LogP contribution in [0.4, 0.5) is 0 Å². The Morgan fingerprint density at radius 3 is 3.08 bits per heavy atom. The maximum absolute atomic E-state index is 5.51. The molecule has 0 fully saturated rings. The van der Waals surface area contributed by atoms with E-state index in [-0.39, 0.29) is 0 Å². The summed E-state index contributed by atoms with van der Waals surface area (Å²) >= 11 is 0. The predicted octanol–water partition coefficient (Wildman–Crippen LogP) is 1.35. The summed E-state index contributed by atoms with van der Waals surface area (Å²) in [5.41, 5.74) is 6.70. The molecule has 0 saturated heterocycles. The first kappa shape index (κ1) is 10.3. The first-order chi connectivity index (χ1) is 6.33. The fraction of sp³-hybridized carbons (Fsp3) is 0.600. The minimum absolute atomic E-state index is 0.608. The van der Waals surface area contributed by atoms with Gasteiger partial charge in [0, 0.05) is 12.1 Å². The van der Waals surface area contributed by atoms with Crippen LogP contribution in [-0.4, -0.2) is 13.1 Å². The predicted molar refractivity (Wildman–Crippen MR) is 53.3 cm³/mol. The normalized spacial score (nSPS) is 13.1. The first-order valence-electron chi connectivity index (χ1n) is 4.74. The third-order valence-electron chi connectivity index (χ3n) is 2.13. The summed E-state index contributed by atoms with van der Waals surface area (Å²) in [6.07, 6.45) is 4.59. The Bertz CT molecular complexity index is 209. The highest BCUT2D eigenvalue weighted by molar-refractivity contribution is 5.04. The van der Waals surface area contributed by atoms with Gasteiger partial charge >= 0.3 is 0 Å². The quantitative estimate of drug-likeness (QED) is 0.653. The summed E-state index contributed by atoms with van der Waals surface area (Å²) in [6, 6.07) is 1.97. The second-order valence-corrected chi connectivity index (χ2v) is 3.44. The highest BCUT2D eigenvalue weighted by Crippen LogP contribution is 2.00. The van der Waals surface area contributed by atoms with Crippen molar-refractivity contribution in [3.63, 3.8) is 0 Å². The van der Waals surface area contributed by atoms with Gasteiger partial charge in [0.05, 0.1) is 12.5 Å². The highest BCUT2D eigenvalue weighted by Gasteiger charge is 1.98. The Morgan fingerprint density at radius 1 is 1.62 bits per heavy atom. The van der Waals surface area contributed by atoms with Gasteiger partial charge in [0.1, 0.15) is 0 Å². The zero-order valence-corrected chi connectivity index (χ0v) is 8.12. The van der Waals surface area contributed by atoms with Gasteiger partial charge in [-0.25, -0.2) is 0 Å². The molecule has 1 atom stereocenters. The van der Waals surface area contributed by atoms with E-state index in [4.69, 9.17) is 10.2 Å². The average molecular weight is 182 g/mol. The van der Waals surface area contributed by atoms with Crippen molar-refractivity contribution in [1.82, 2.24) is 5.32 Å². The molecular weight excluding hydrogens is 164 g/mol. The average Bonchev–Trinajstić information content (AvgIpc) is 2.64. The van der Waals surface area contributed by atoms with Crippen molar-refractivity contribution in [3.05, 3.63) is 24.2 Å². The largest absolute Gasteiger partial charge is 0.472 e. The van der Waals surface area contributed by atoms with Crippen molar-refractivity contribution >= 4 is 0 Å². The van der Waals surface area contributed by atoms with Crippen LogP contribution in [0.25, 0.3) is 0 Å². The van der Waals surface area contributed by atoms with Crippen molar-refractivity contribution in [2.24, 2.45) is 11.7 Å². The standard InChI is InChI=1S/C10H18N2O/c1-9(6-11)2-4-12-7-10-3-5-13-8-10/h3,5,8-9,12H,2,4,6-7,11H2,1H3. The van der Waals surface area contributed by atoms with Gasteiger partial charge in [-0.15, -0.1) is 0 Å². The Balaban J connectivity index is 2.02. The Labute approximate surface area is 79.3 Å². The fourth-order valence-corrected chi connectivity index (χ4v) is 1.09. The molecule has 1 aromatic rings. The van der Waals surface area contributed by atoms with Crippen LogP contribution in [0, 0.1) is 5.92 Å². The maximum atomic E-state index is 5.51. The number of hydrogen-bond acceptors (Lipinski definition) is 3. The molecule has 0 aromatic carbocycles. The van der Waals surface area contributed by atoms with Gasteiger partial charge in [-0.3, -0.25) is 0 Å². The molecule has 0 saturated carbocycles. The van der Waals surface area contributed by atoms with Crippen LogP contribution >= 0.6 is 0 Å². The molecule has 0 bridgehead atoms. The van der Waals surface area contributed by atoms with E-state index in [1.54, 1.807) is 12.5 Å². The molecule has 0 amide bonds. The van der Waals surface area contributed by atoms with Crippen molar-refractivity contribution < 1.29 is 4.42 Å². The van der Waals surface area contributed by atoms with E-state index in [1.807, 2.05) is 6.07 Å². The number of furan rings is 1. The van der Waals surface area contributed by atoms with E-state index in [0.29, 0.717) is 5.92 Å². The Hall–Kier alpha value is -0.800. The molecule has 1 aromatic heterocycles. The second-order valence-electron chi connectivity index (χ2n) is 3.44. The van der Waals surface area contributed by atoms with Crippen LogP contribution in [0.5, 0.6) is 0 Å². The van der Waals surface area contributed by atoms with Gasteiger partial charge in [-0.2, -0.15) is 0 Å². The van der Waals surface area contributed by atoms with Crippen LogP contribution in [-0.2, 0) is 6.54 Å². The molecular formula is C10H18N2O. The minimum Gasteiger partial charge on any atom is -0.472 e. The van der Waals surface area contributed by atoms with Gasteiger partial charge in [0.15, 0.2) is 0 Å². The van der Waals surface area contributed by atoms with Crippen LogP contribution in [0.15, 0.2) is 23.0 Å². The van der Waals surface area contributed by atoms with Gasteiger partial charge in [-0.05, 0) is 31.5 Å². The molecule has 1 heterocycles. The fourth-order valence-electron chi connectivity index (χ4n) is 1.09. The molecule has 1 unspecified atom stereocenters. The van der Waals surface area contributed by atoms with Gasteiger partial charge < -0.3 is 15.5 Å². The number of hydrogen-bond donors (Lipinski definition) is 2. The lowest BCUT2D eigenvalue weighted by atomic mass is 10.1. The molecule has 13 heavy (non-hydrogen) atoms. The third kappa shape index (κ3) is 4.10. The molecule has 74 valence electrons. The lowest BCUT2D eigenvalue weighted by molar-refractivity contribution is 0.507. The SMILES string of the molecule is CC(CN)CCNCc1ccoc1.